The Labute approximate surface area is 150 Å². The van der Waals surface area contributed by atoms with E-state index >= 15 is 0 Å². The average molecular weight is 354 g/mol. The van der Waals surface area contributed by atoms with Crippen LogP contribution in [0.4, 0.5) is 10.3 Å². The van der Waals surface area contributed by atoms with Gasteiger partial charge in [0.1, 0.15) is 5.82 Å². The van der Waals surface area contributed by atoms with Gasteiger partial charge in [-0.15, -0.1) is 11.3 Å². The Hall–Kier alpha value is -2.31. The molecule has 0 N–H and O–H groups in total. The summed E-state index contributed by atoms with van der Waals surface area (Å²) in [7, 11) is 0. The first kappa shape index (κ1) is 16.2. The van der Waals surface area contributed by atoms with Crippen LogP contribution in [0.25, 0.3) is 10.4 Å². The van der Waals surface area contributed by atoms with E-state index in [9.17, 15) is 4.39 Å². The van der Waals surface area contributed by atoms with Crippen LogP contribution in [-0.4, -0.2) is 41.0 Å². The van der Waals surface area contributed by atoms with Crippen molar-refractivity contribution in [2.24, 2.45) is 0 Å². The van der Waals surface area contributed by atoms with Gasteiger partial charge in [-0.1, -0.05) is 12.1 Å². The molecule has 4 rings (SSSR count). The zero-order valence-corrected chi connectivity index (χ0v) is 14.6. The summed E-state index contributed by atoms with van der Waals surface area (Å²) in [6.45, 7) is 4.79. The van der Waals surface area contributed by atoms with E-state index in [1.807, 2.05) is 12.1 Å². The average Bonchev–Trinajstić information content (AvgIpc) is 3.12. The molecule has 1 fully saturated rings. The van der Waals surface area contributed by atoms with Gasteiger partial charge in [-0.3, -0.25) is 4.90 Å². The van der Waals surface area contributed by atoms with Gasteiger partial charge in [0, 0.05) is 54.9 Å². The molecule has 128 valence electrons. The number of anilines is 1. The standard InChI is InChI=1S/C19H19FN4S/c20-16-4-1-3-15(13-16)18-6-5-17(25-18)14-23-9-11-24(12-10-23)19-21-7-2-8-22-19/h1-8,13H,9-12,14H2. The van der Waals surface area contributed by atoms with Gasteiger partial charge in [0.15, 0.2) is 0 Å². The molecule has 0 saturated carbocycles. The van der Waals surface area contributed by atoms with E-state index in [2.05, 4.69) is 31.9 Å². The fourth-order valence-electron chi connectivity index (χ4n) is 3.04. The highest BCUT2D eigenvalue weighted by Crippen LogP contribution is 2.29. The summed E-state index contributed by atoms with van der Waals surface area (Å²) in [5.41, 5.74) is 0.947. The van der Waals surface area contributed by atoms with Gasteiger partial charge in [0.2, 0.25) is 5.95 Å². The predicted molar refractivity (Wildman–Crippen MR) is 99.2 cm³/mol. The van der Waals surface area contributed by atoms with Crippen molar-refractivity contribution in [2.75, 3.05) is 31.1 Å². The Morgan fingerprint density at radius 3 is 2.52 bits per heavy atom. The van der Waals surface area contributed by atoms with Crippen LogP contribution in [0.1, 0.15) is 4.88 Å². The Bertz CT molecular complexity index is 828. The SMILES string of the molecule is Fc1cccc(-c2ccc(CN3CCN(c4ncccn4)CC3)s2)c1. The van der Waals surface area contributed by atoms with Crippen molar-refractivity contribution in [1.29, 1.82) is 0 Å². The van der Waals surface area contributed by atoms with E-state index in [-0.39, 0.29) is 5.82 Å². The molecule has 2 aromatic heterocycles. The molecule has 3 heterocycles. The number of halogens is 1. The third-order valence-corrected chi connectivity index (χ3v) is 5.48. The maximum absolute atomic E-state index is 13.4. The molecule has 0 bridgehead atoms. The topological polar surface area (TPSA) is 32.3 Å². The Morgan fingerprint density at radius 2 is 1.76 bits per heavy atom. The molecule has 0 aliphatic carbocycles. The first-order valence-corrected chi connectivity index (χ1v) is 9.18. The lowest BCUT2D eigenvalue weighted by Gasteiger charge is -2.34. The van der Waals surface area contributed by atoms with Crippen molar-refractivity contribution in [3.05, 3.63) is 65.6 Å². The fourth-order valence-corrected chi connectivity index (χ4v) is 4.09. The normalized spacial score (nSPS) is 15.5. The number of benzene rings is 1. The smallest absolute Gasteiger partial charge is 0.225 e. The minimum Gasteiger partial charge on any atom is -0.338 e. The molecule has 0 amide bonds. The van der Waals surface area contributed by atoms with Crippen molar-refractivity contribution < 1.29 is 4.39 Å². The van der Waals surface area contributed by atoms with Crippen molar-refractivity contribution >= 4 is 17.3 Å². The predicted octanol–water partition coefficient (Wildman–Crippen LogP) is 3.67. The van der Waals surface area contributed by atoms with Crippen molar-refractivity contribution in [2.45, 2.75) is 6.54 Å². The third-order valence-electron chi connectivity index (χ3n) is 4.36. The monoisotopic (exact) mass is 354 g/mol. The van der Waals surface area contributed by atoms with Crippen LogP contribution in [0.15, 0.2) is 54.9 Å². The molecule has 1 aliphatic heterocycles. The molecule has 0 radical (unpaired) electrons. The summed E-state index contributed by atoms with van der Waals surface area (Å²) in [5.74, 6) is 0.623. The number of thiophene rings is 1. The van der Waals surface area contributed by atoms with Gasteiger partial charge >= 0.3 is 0 Å². The molecule has 0 atom stereocenters. The highest BCUT2D eigenvalue weighted by molar-refractivity contribution is 7.15. The molecule has 1 saturated heterocycles. The van der Waals surface area contributed by atoms with E-state index in [4.69, 9.17) is 0 Å². The molecular weight excluding hydrogens is 335 g/mol. The van der Waals surface area contributed by atoms with Crippen LogP contribution in [0.2, 0.25) is 0 Å². The number of hydrogen-bond acceptors (Lipinski definition) is 5. The summed E-state index contributed by atoms with van der Waals surface area (Å²) in [5, 5.41) is 0. The zero-order valence-electron chi connectivity index (χ0n) is 13.8. The first-order valence-electron chi connectivity index (χ1n) is 8.37. The molecule has 1 aromatic carbocycles. The number of piperazine rings is 1. The van der Waals surface area contributed by atoms with Crippen LogP contribution in [0.5, 0.6) is 0 Å². The Morgan fingerprint density at radius 1 is 0.960 bits per heavy atom. The largest absolute Gasteiger partial charge is 0.338 e. The Kier molecular flexibility index (Phi) is 4.72. The fraction of sp³-hybridized carbons (Fsp3) is 0.263. The van der Waals surface area contributed by atoms with Gasteiger partial charge in [0.05, 0.1) is 0 Å². The van der Waals surface area contributed by atoms with Gasteiger partial charge in [-0.05, 0) is 35.9 Å². The zero-order chi connectivity index (χ0) is 17.1. The second-order valence-electron chi connectivity index (χ2n) is 6.09. The lowest BCUT2D eigenvalue weighted by atomic mass is 10.2. The number of hydrogen-bond donors (Lipinski definition) is 0. The maximum atomic E-state index is 13.4. The van der Waals surface area contributed by atoms with Crippen LogP contribution in [-0.2, 0) is 6.54 Å². The van der Waals surface area contributed by atoms with E-state index in [1.165, 1.54) is 10.9 Å². The molecule has 4 nitrogen and oxygen atoms in total. The van der Waals surface area contributed by atoms with Crippen LogP contribution in [0.3, 0.4) is 0 Å². The van der Waals surface area contributed by atoms with Crippen LogP contribution in [0, 0.1) is 5.82 Å². The first-order chi connectivity index (χ1) is 12.3. The maximum Gasteiger partial charge on any atom is 0.225 e. The van der Waals surface area contributed by atoms with E-state index < -0.39 is 0 Å². The highest BCUT2D eigenvalue weighted by atomic mass is 32.1. The molecule has 25 heavy (non-hydrogen) atoms. The number of aromatic nitrogens is 2. The summed E-state index contributed by atoms with van der Waals surface area (Å²) < 4.78 is 13.4. The van der Waals surface area contributed by atoms with E-state index in [1.54, 1.807) is 35.9 Å². The van der Waals surface area contributed by atoms with Crippen molar-refractivity contribution in [1.82, 2.24) is 14.9 Å². The second kappa shape index (κ2) is 7.29. The Balaban J connectivity index is 1.36. The summed E-state index contributed by atoms with van der Waals surface area (Å²) in [4.78, 5) is 15.7. The molecule has 0 unspecified atom stereocenters. The number of rotatable bonds is 4. The highest BCUT2D eigenvalue weighted by Gasteiger charge is 2.19. The minimum absolute atomic E-state index is 0.188. The van der Waals surface area contributed by atoms with E-state index in [0.717, 1.165) is 49.1 Å². The number of nitrogens with zero attached hydrogens (tertiary/aromatic N) is 4. The third kappa shape index (κ3) is 3.86. The van der Waals surface area contributed by atoms with Crippen molar-refractivity contribution in [3.8, 4) is 10.4 Å². The minimum atomic E-state index is -0.188. The van der Waals surface area contributed by atoms with Crippen LogP contribution < -0.4 is 4.90 Å². The van der Waals surface area contributed by atoms with Gasteiger partial charge in [-0.25, -0.2) is 14.4 Å². The second-order valence-corrected chi connectivity index (χ2v) is 7.26. The lowest BCUT2D eigenvalue weighted by Crippen LogP contribution is -2.46. The molecule has 0 spiro atoms. The molecule has 3 aromatic rings. The van der Waals surface area contributed by atoms with Gasteiger partial charge < -0.3 is 4.90 Å². The summed E-state index contributed by atoms with van der Waals surface area (Å²) >= 11 is 1.74. The van der Waals surface area contributed by atoms with Gasteiger partial charge in [-0.2, -0.15) is 0 Å². The molecular formula is C19H19FN4S. The molecule has 1 aliphatic rings. The summed E-state index contributed by atoms with van der Waals surface area (Å²) in [6.07, 6.45) is 3.57. The van der Waals surface area contributed by atoms with E-state index in [0.29, 0.717) is 0 Å². The van der Waals surface area contributed by atoms with Gasteiger partial charge in [0.25, 0.3) is 0 Å². The van der Waals surface area contributed by atoms with Crippen LogP contribution >= 0.6 is 11.3 Å². The quantitative estimate of drug-likeness (QED) is 0.716. The lowest BCUT2D eigenvalue weighted by molar-refractivity contribution is 0.251. The van der Waals surface area contributed by atoms with Crippen molar-refractivity contribution in [3.63, 3.8) is 0 Å². The molecule has 6 heteroatoms. The summed E-state index contributed by atoms with van der Waals surface area (Å²) in [6, 6.07) is 12.9.